The van der Waals surface area contributed by atoms with Crippen molar-refractivity contribution in [3.8, 4) is 0 Å². The minimum Gasteiger partial charge on any atom is -0.343 e. The van der Waals surface area contributed by atoms with E-state index in [0.29, 0.717) is 5.92 Å². The minimum absolute atomic E-state index is 0.204. The molecule has 0 unspecified atom stereocenters. The fourth-order valence-corrected chi connectivity index (χ4v) is 1.69. The standard InChI is InChI=1S/C10H17NO/c1-8(2)10-4-6-11(7-5-10)9(3)12/h10H,1,4-7H2,2-3H3. The molecule has 0 spiro atoms. The highest BCUT2D eigenvalue weighted by atomic mass is 16.2. The van der Waals surface area contributed by atoms with Crippen LogP contribution in [0.2, 0.25) is 0 Å². The van der Waals surface area contributed by atoms with Crippen molar-refractivity contribution in [2.45, 2.75) is 26.7 Å². The fraction of sp³-hybridized carbons (Fsp3) is 0.700. The number of nitrogens with zero attached hydrogens (tertiary/aromatic N) is 1. The Hall–Kier alpha value is -0.790. The van der Waals surface area contributed by atoms with Crippen LogP contribution in [0.5, 0.6) is 0 Å². The molecule has 1 saturated heterocycles. The van der Waals surface area contributed by atoms with Gasteiger partial charge in [-0.1, -0.05) is 12.2 Å². The van der Waals surface area contributed by atoms with Gasteiger partial charge in [0.25, 0.3) is 0 Å². The highest BCUT2D eigenvalue weighted by molar-refractivity contribution is 5.73. The third-order valence-electron chi connectivity index (χ3n) is 2.64. The Morgan fingerprint density at radius 3 is 2.17 bits per heavy atom. The average Bonchev–Trinajstić information content (AvgIpc) is 2.04. The topological polar surface area (TPSA) is 20.3 Å². The van der Waals surface area contributed by atoms with Gasteiger partial charge in [0, 0.05) is 20.0 Å². The van der Waals surface area contributed by atoms with Crippen LogP contribution in [0.4, 0.5) is 0 Å². The molecule has 68 valence electrons. The molecule has 1 aliphatic heterocycles. The number of carbonyl (C=O) groups is 1. The van der Waals surface area contributed by atoms with Crippen LogP contribution >= 0.6 is 0 Å². The first kappa shape index (κ1) is 9.30. The van der Waals surface area contributed by atoms with E-state index in [4.69, 9.17) is 0 Å². The van der Waals surface area contributed by atoms with E-state index in [9.17, 15) is 4.79 Å². The second-order valence-corrected chi connectivity index (χ2v) is 3.63. The number of allylic oxidation sites excluding steroid dienone is 1. The van der Waals surface area contributed by atoms with Crippen molar-refractivity contribution < 1.29 is 4.79 Å². The largest absolute Gasteiger partial charge is 0.343 e. The Morgan fingerprint density at radius 2 is 1.83 bits per heavy atom. The summed E-state index contributed by atoms with van der Waals surface area (Å²) in [7, 11) is 0. The van der Waals surface area contributed by atoms with Crippen molar-refractivity contribution in [3.63, 3.8) is 0 Å². The van der Waals surface area contributed by atoms with Gasteiger partial charge in [-0.05, 0) is 25.7 Å². The van der Waals surface area contributed by atoms with Crippen LogP contribution in [-0.2, 0) is 4.79 Å². The lowest BCUT2D eigenvalue weighted by Gasteiger charge is -2.31. The maximum atomic E-state index is 11.0. The summed E-state index contributed by atoms with van der Waals surface area (Å²) in [5.74, 6) is 0.843. The summed E-state index contributed by atoms with van der Waals surface area (Å²) >= 11 is 0. The molecule has 12 heavy (non-hydrogen) atoms. The molecule has 0 bridgehead atoms. The predicted octanol–water partition coefficient (Wildman–Crippen LogP) is 1.82. The number of hydrogen-bond donors (Lipinski definition) is 0. The first-order valence-corrected chi connectivity index (χ1v) is 4.52. The van der Waals surface area contributed by atoms with Gasteiger partial charge in [-0.2, -0.15) is 0 Å². The average molecular weight is 167 g/mol. The van der Waals surface area contributed by atoms with Crippen LogP contribution in [0.1, 0.15) is 26.7 Å². The molecule has 0 atom stereocenters. The Morgan fingerprint density at radius 1 is 1.33 bits per heavy atom. The summed E-state index contributed by atoms with van der Waals surface area (Å²) in [5, 5.41) is 0. The summed E-state index contributed by atoms with van der Waals surface area (Å²) < 4.78 is 0. The van der Waals surface area contributed by atoms with E-state index in [1.54, 1.807) is 6.92 Å². The Kier molecular flexibility index (Phi) is 2.90. The predicted molar refractivity (Wildman–Crippen MR) is 49.8 cm³/mol. The SMILES string of the molecule is C=C(C)C1CCN(C(C)=O)CC1. The quantitative estimate of drug-likeness (QED) is 0.545. The minimum atomic E-state index is 0.204. The van der Waals surface area contributed by atoms with Gasteiger partial charge in [-0.15, -0.1) is 0 Å². The molecule has 1 rings (SSSR count). The first-order chi connectivity index (χ1) is 5.61. The molecular weight excluding hydrogens is 150 g/mol. The van der Waals surface area contributed by atoms with Crippen LogP contribution in [0, 0.1) is 5.92 Å². The molecule has 0 N–H and O–H groups in total. The molecule has 0 aromatic heterocycles. The van der Waals surface area contributed by atoms with Crippen LogP contribution in [-0.4, -0.2) is 23.9 Å². The number of piperidine rings is 1. The monoisotopic (exact) mass is 167 g/mol. The summed E-state index contributed by atoms with van der Waals surface area (Å²) in [6, 6.07) is 0. The number of hydrogen-bond acceptors (Lipinski definition) is 1. The van der Waals surface area contributed by atoms with Gasteiger partial charge < -0.3 is 4.90 Å². The number of carbonyl (C=O) groups excluding carboxylic acids is 1. The molecule has 0 aromatic rings. The van der Waals surface area contributed by atoms with Crippen molar-refractivity contribution >= 4 is 5.91 Å². The zero-order valence-corrected chi connectivity index (χ0v) is 7.97. The van der Waals surface area contributed by atoms with Gasteiger partial charge in [0.15, 0.2) is 0 Å². The Balaban J connectivity index is 2.39. The van der Waals surface area contributed by atoms with E-state index in [1.807, 2.05) is 4.90 Å². The molecule has 0 aromatic carbocycles. The normalized spacial score (nSPS) is 19.3. The lowest BCUT2D eigenvalue weighted by Crippen LogP contribution is -2.37. The van der Waals surface area contributed by atoms with Crippen molar-refractivity contribution in [1.29, 1.82) is 0 Å². The number of amides is 1. The highest BCUT2D eigenvalue weighted by Gasteiger charge is 2.20. The number of likely N-dealkylation sites (tertiary alicyclic amines) is 1. The molecule has 1 amide bonds. The van der Waals surface area contributed by atoms with Gasteiger partial charge >= 0.3 is 0 Å². The first-order valence-electron chi connectivity index (χ1n) is 4.52. The molecule has 1 aliphatic rings. The fourth-order valence-electron chi connectivity index (χ4n) is 1.69. The maximum absolute atomic E-state index is 11.0. The smallest absolute Gasteiger partial charge is 0.219 e. The van der Waals surface area contributed by atoms with Gasteiger partial charge in [0.2, 0.25) is 5.91 Å². The summed E-state index contributed by atoms with van der Waals surface area (Å²) in [4.78, 5) is 12.9. The van der Waals surface area contributed by atoms with E-state index in [0.717, 1.165) is 25.9 Å². The molecule has 1 heterocycles. The van der Waals surface area contributed by atoms with Crippen LogP contribution in [0.25, 0.3) is 0 Å². The second-order valence-electron chi connectivity index (χ2n) is 3.63. The summed E-state index contributed by atoms with van der Waals surface area (Å²) in [6.45, 7) is 9.48. The second kappa shape index (κ2) is 3.74. The van der Waals surface area contributed by atoms with Gasteiger partial charge in [0.05, 0.1) is 0 Å². The molecule has 1 fully saturated rings. The Labute approximate surface area is 74.2 Å². The summed E-state index contributed by atoms with van der Waals surface area (Å²) in [6.07, 6.45) is 2.18. The van der Waals surface area contributed by atoms with E-state index < -0.39 is 0 Å². The van der Waals surface area contributed by atoms with E-state index >= 15 is 0 Å². The molecule has 0 aliphatic carbocycles. The van der Waals surface area contributed by atoms with Gasteiger partial charge in [-0.25, -0.2) is 0 Å². The lowest BCUT2D eigenvalue weighted by molar-refractivity contribution is -0.130. The number of rotatable bonds is 1. The molecular formula is C10H17NO. The van der Waals surface area contributed by atoms with Crippen molar-refractivity contribution in [3.05, 3.63) is 12.2 Å². The lowest BCUT2D eigenvalue weighted by atomic mass is 9.91. The molecule has 2 nitrogen and oxygen atoms in total. The van der Waals surface area contributed by atoms with Crippen molar-refractivity contribution in [1.82, 2.24) is 4.90 Å². The maximum Gasteiger partial charge on any atom is 0.219 e. The van der Waals surface area contributed by atoms with Gasteiger partial charge in [-0.3, -0.25) is 4.79 Å². The summed E-state index contributed by atoms with van der Waals surface area (Å²) in [5.41, 5.74) is 1.26. The molecule has 2 heteroatoms. The molecule has 0 radical (unpaired) electrons. The van der Waals surface area contributed by atoms with E-state index in [-0.39, 0.29) is 5.91 Å². The van der Waals surface area contributed by atoms with Crippen LogP contribution in [0.3, 0.4) is 0 Å². The van der Waals surface area contributed by atoms with E-state index in [2.05, 4.69) is 13.5 Å². The highest BCUT2D eigenvalue weighted by Crippen LogP contribution is 2.22. The van der Waals surface area contributed by atoms with Crippen molar-refractivity contribution in [2.24, 2.45) is 5.92 Å². The van der Waals surface area contributed by atoms with Crippen LogP contribution in [0.15, 0.2) is 12.2 Å². The Bertz CT molecular complexity index is 168. The zero-order valence-electron chi connectivity index (χ0n) is 7.97. The zero-order chi connectivity index (χ0) is 9.14. The third kappa shape index (κ3) is 2.10. The molecule has 0 saturated carbocycles. The van der Waals surface area contributed by atoms with Gasteiger partial charge in [0.1, 0.15) is 0 Å². The third-order valence-corrected chi connectivity index (χ3v) is 2.64. The van der Waals surface area contributed by atoms with E-state index in [1.165, 1.54) is 5.57 Å². The van der Waals surface area contributed by atoms with Crippen molar-refractivity contribution in [2.75, 3.05) is 13.1 Å². The van der Waals surface area contributed by atoms with Crippen LogP contribution < -0.4 is 0 Å².